The molecule has 0 amide bonds. The van der Waals surface area contributed by atoms with Crippen LogP contribution in [0.15, 0.2) is 48.7 Å². The average Bonchev–Trinajstić information content (AvgIpc) is 2.55. The van der Waals surface area contributed by atoms with E-state index < -0.39 is 6.10 Å². The number of rotatable bonds is 7. The number of aromatic nitrogens is 1. The molecule has 0 saturated carbocycles. The van der Waals surface area contributed by atoms with E-state index >= 15 is 0 Å². The van der Waals surface area contributed by atoms with E-state index in [2.05, 4.69) is 11.9 Å². The van der Waals surface area contributed by atoms with Gasteiger partial charge in [0.05, 0.1) is 12.7 Å². The minimum absolute atomic E-state index is 0.229. The Kier molecular flexibility index (Phi) is 5.72. The summed E-state index contributed by atoms with van der Waals surface area (Å²) in [4.78, 5) is 4.30. The zero-order valence-corrected chi connectivity index (χ0v) is 12.3. The predicted octanol–water partition coefficient (Wildman–Crippen LogP) is 2.65. The van der Waals surface area contributed by atoms with Crippen LogP contribution < -0.4 is 10.5 Å². The van der Waals surface area contributed by atoms with Gasteiger partial charge in [0, 0.05) is 24.4 Å². The van der Waals surface area contributed by atoms with Crippen LogP contribution in [0.1, 0.15) is 36.6 Å². The highest BCUT2D eigenvalue weighted by atomic mass is 16.5. The normalized spacial score (nSPS) is 13.7. The standard InChI is InChI=1S/C17H22N2O2/c1-2-10-21-14-7-5-6-13(11-14)17(20)15(12-18)16-8-3-4-9-19-16/h3-9,11,15,17,20H,2,10,12,18H2,1H3. The lowest BCUT2D eigenvalue weighted by Gasteiger charge is -2.21. The molecule has 0 aliphatic carbocycles. The first-order valence-corrected chi connectivity index (χ1v) is 7.28. The fourth-order valence-corrected chi connectivity index (χ4v) is 2.25. The smallest absolute Gasteiger partial charge is 0.119 e. The molecule has 1 aromatic carbocycles. The number of hydrogen-bond donors (Lipinski definition) is 2. The van der Waals surface area contributed by atoms with Crippen molar-refractivity contribution in [2.75, 3.05) is 13.2 Å². The van der Waals surface area contributed by atoms with Crippen LogP contribution in [0.5, 0.6) is 5.75 Å². The van der Waals surface area contributed by atoms with Crippen molar-refractivity contribution >= 4 is 0 Å². The van der Waals surface area contributed by atoms with Crippen LogP contribution in [0.3, 0.4) is 0 Å². The van der Waals surface area contributed by atoms with Crippen LogP contribution in [0.2, 0.25) is 0 Å². The van der Waals surface area contributed by atoms with Crippen LogP contribution >= 0.6 is 0 Å². The number of hydrogen-bond acceptors (Lipinski definition) is 4. The van der Waals surface area contributed by atoms with E-state index in [-0.39, 0.29) is 5.92 Å². The zero-order chi connectivity index (χ0) is 15.1. The minimum Gasteiger partial charge on any atom is -0.494 e. The summed E-state index contributed by atoms with van der Waals surface area (Å²) in [6, 6.07) is 13.2. The van der Waals surface area contributed by atoms with Crippen molar-refractivity contribution in [3.05, 3.63) is 59.9 Å². The maximum absolute atomic E-state index is 10.6. The van der Waals surface area contributed by atoms with Gasteiger partial charge < -0.3 is 15.6 Å². The second kappa shape index (κ2) is 7.76. The Bertz CT molecular complexity index is 545. The van der Waals surface area contributed by atoms with E-state index in [9.17, 15) is 5.11 Å². The fraction of sp³-hybridized carbons (Fsp3) is 0.353. The number of benzene rings is 1. The Labute approximate surface area is 125 Å². The maximum atomic E-state index is 10.6. The molecular weight excluding hydrogens is 264 g/mol. The van der Waals surface area contributed by atoms with Gasteiger partial charge in [-0.1, -0.05) is 25.1 Å². The molecule has 0 aliphatic rings. The molecule has 0 spiro atoms. The van der Waals surface area contributed by atoms with Crippen LogP contribution in [-0.4, -0.2) is 23.2 Å². The van der Waals surface area contributed by atoms with Crippen molar-refractivity contribution < 1.29 is 9.84 Å². The monoisotopic (exact) mass is 286 g/mol. The summed E-state index contributed by atoms with van der Waals surface area (Å²) < 4.78 is 5.61. The molecule has 2 aromatic rings. The summed E-state index contributed by atoms with van der Waals surface area (Å²) in [6.07, 6.45) is 1.97. The molecule has 1 heterocycles. The van der Waals surface area contributed by atoms with Crippen molar-refractivity contribution in [1.82, 2.24) is 4.98 Å². The topological polar surface area (TPSA) is 68.4 Å². The Hall–Kier alpha value is -1.91. The average molecular weight is 286 g/mol. The quantitative estimate of drug-likeness (QED) is 0.821. The molecule has 21 heavy (non-hydrogen) atoms. The third kappa shape index (κ3) is 4.03. The van der Waals surface area contributed by atoms with Crippen LogP contribution in [0.4, 0.5) is 0 Å². The van der Waals surface area contributed by atoms with Gasteiger partial charge in [0.25, 0.3) is 0 Å². The molecule has 0 bridgehead atoms. The zero-order valence-electron chi connectivity index (χ0n) is 12.3. The van der Waals surface area contributed by atoms with E-state index in [0.717, 1.165) is 23.4 Å². The predicted molar refractivity (Wildman–Crippen MR) is 83.2 cm³/mol. The number of nitrogens with two attached hydrogens (primary N) is 1. The molecule has 0 aliphatic heterocycles. The van der Waals surface area contributed by atoms with E-state index in [1.54, 1.807) is 6.20 Å². The summed E-state index contributed by atoms with van der Waals surface area (Å²) >= 11 is 0. The summed E-state index contributed by atoms with van der Waals surface area (Å²) in [5, 5.41) is 10.6. The highest BCUT2D eigenvalue weighted by Gasteiger charge is 2.22. The second-order valence-corrected chi connectivity index (χ2v) is 4.96. The molecule has 0 saturated heterocycles. The highest BCUT2D eigenvalue weighted by Crippen LogP contribution is 2.30. The first kappa shape index (κ1) is 15.5. The van der Waals surface area contributed by atoms with Crippen molar-refractivity contribution in [3.8, 4) is 5.75 Å². The van der Waals surface area contributed by atoms with Crippen LogP contribution in [0, 0.1) is 0 Å². The van der Waals surface area contributed by atoms with Gasteiger partial charge in [-0.2, -0.15) is 0 Å². The number of nitrogens with zero attached hydrogens (tertiary/aromatic N) is 1. The molecule has 0 radical (unpaired) electrons. The molecule has 4 heteroatoms. The third-order valence-corrected chi connectivity index (χ3v) is 3.38. The van der Waals surface area contributed by atoms with Crippen molar-refractivity contribution in [1.29, 1.82) is 0 Å². The van der Waals surface area contributed by atoms with E-state index in [4.69, 9.17) is 10.5 Å². The summed E-state index contributed by atoms with van der Waals surface area (Å²) in [5.41, 5.74) is 7.42. The summed E-state index contributed by atoms with van der Waals surface area (Å²) in [5.74, 6) is 0.540. The Balaban J connectivity index is 2.19. The van der Waals surface area contributed by atoms with E-state index in [1.807, 2.05) is 42.5 Å². The molecule has 2 unspecified atom stereocenters. The van der Waals surface area contributed by atoms with Gasteiger partial charge >= 0.3 is 0 Å². The van der Waals surface area contributed by atoms with Crippen molar-refractivity contribution in [2.45, 2.75) is 25.4 Å². The fourth-order valence-electron chi connectivity index (χ4n) is 2.25. The molecule has 2 rings (SSSR count). The van der Waals surface area contributed by atoms with Crippen molar-refractivity contribution in [2.24, 2.45) is 5.73 Å². The first-order chi connectivity index (χ1) is 10.3. The van der Waals surface area contributed by atoms with Gasteiger partial charge in [-0.25, -0.2) is 0 Å². The Morgan fingerprint density at radius 2 is 2.10 bits per heavy atom. The molecule has 3 N–H and O–H groups in total. The number of aliphatic hydroxyl groups excluding tert-OH is 1. The maximum Gasteiger partial charge on any atom is 0.119 e. The second-order valence-electron chi connectivity index (χ2n) is 4.96. The number of ether oxygens (including phenoxy) is 1. The molecule has 4 nitrogen and oxygen atoms in total. The lowest BCUT2D eigenvalue weighted by atomic mass is 9.92. The summed E-state index contributed by atoms with van der Waals surface area (Å²) in [7, 11) is 0. The van der Waals surface area contributed by atoms with Gasteiger partial charge in [-0.15, -0.1) is 0 Å². The molecule has 2 atom stereocenters. The van der Waals surface area contributed by atoms with E-state index in [0.29, 0.717) is 13.2 Å². The largest absolute Gasteiger partial charge is 0.494 e. The Morgan fingerprint density at radius 3 is 2.76 bits per heavy atom. The number of pyridine rings is 1. The molecule has 0 fully saturated rings. The highest BCUT2D eigenvalue weighted by molar-refractivity contribution is 5.32. The van der Waals surface area contributed by atoms with Gasteiger partial charge in [-0.05, 0) is 36.2 Å². The van der Waals surface area contributed by atoms with Gasteiger partial charge in [0.15, 0.2) is 0 Å². The van der Waals surface area contributed by atoms with Gasteiger partial charge in [0.1, 0.15) is 5.75 Å². The van der Waals surface area contributed by atoms with E-state index in [1.165, 1.54) is 0 Å². The van der Waals surface area contributed by atoms with Crippen LogP contribution in [0.25, 0.3) is 0 Å². The third-order valence-electron chi connectivity index (χ3n) is 3.38. The molecule has 1 aromatic heterocycles. The number of aliphatic hydroxyl groups is 1. The lowest BCUT2D eigenvalue weighted by Crippen LogP contribution is -2.21. The minimum atomic E-state index is -0.699. The Morgan fingerprint density at radius 1 is 1.24 bits per heavy atom. The SMILES string of the molecule is CCCOc1cccc(C(O)C(CN)c2ccccn2)c1. The summed E-state index contributed by atoms with van der Waals surface area (Å²) in [6.45, 7) is 3.06. The van der Waals surface area contributed by atoms with Gasteiger partial charge in [-0.3, -0.25) is 4.98 Å². The van der Waals surface area contributed by atoms with Crippen molar-refractivity contribution in [3.63, 3.8) is 0 Å². The lowest BCUT2D eigenvalue weighted by molar-refractivity contribution is 0.145. The molecular formula is C17H22N2O2. The van der Waals surface area contributed by atoms with Gasteiger partial charge in [0.2, 0.25) is 0 Å². The molecule has 112 valence electrons. The van der Waals surface area contributed by atoms with Crippen LogP contribution in [-0.2, 0) is 0 Å². The first-order valence-electron chi connectivity index (χ1n) is 7.28.